The predicted molar refractivity (Wildman–Crippen MR) is 73.1 cm³/mol. The SMILES string of the molecule is COc1cc(C2=CCC(N)(OC)C=C2)ccc1N. The number of ether oxygens (including phenoxy) is 2. The second-order valence-electron chi connectivity index (χ2n) is 4.31. The molecule has 18 heavy (non-hydrogen) atoms. The number of methoxy groups -OCH3 is 2. The average Bonchev–Trinajstić information content (AvgIpc) is 2.40. The van der Waals surface area contributed by atoms with Gasteiger partial charge in [-0.05, 0) is 29.3 Å². The van der Waals surface area contributed by atoms with Crippen LogP contribution < -0.4 is 16.2 Å². The molecule has 1 aliphatic rings. The second kappa shape index (κ2) is 4.84. The molecule has 0 bridgehead atoms. The zero-order chi connectivity index (χ0) is 13.2. The molecule has 4 nitrogen and oxygen atoms in total. The van der Waals surface area contributed by atoms with Crippen molar-refractivity contribution in [3.05, 3.63) is 42.0 Å². The summed E-state index contributed by atoms with van der Waals surface area (Å²) in [7, 11) is 3.21. The first-order valence-corrected chi connectivity index (χ1v) is 5.75. The van der Waals surface area contributed by atoms with Crippen LogP contribution in [0.5, 0.6) is 5.75 Å². The van der Waals surface area contributed by atoms with Gasteiger partial charge < -0.3 is 15.2 Å². The minimum Gasteiger partial charge on any atom is -0.495 e. The second-order valence-corrected chi connectivity index (χ2v) is 4.31. The molecule has 0 saturated carbocycles. The highest BCUT2D eigenvalue weighted by molar-refractivity contribution is 5.77. The number of allylic oxidation sites excluding steroid dienone is 2. The Hall–Kier alpha value is -1.78. The van der Waals surface area contributed by atoms with E-state index in [2.05, 4.69) is 6.08 Å². The van der Waals surface area contributed by atoms with Gasteiger partial charge in [0.1, 0.15) is 11.5 Å². The van der Waals surface area contributed by atoms with Crippen molar-refractivity contribution in [3.8, 4) is 5.75 Å². The summed E-state index contributed by atoms with van der Waals surface area (Å²) in [6.45, 7) is 0. The lowest BCUT2D eigenvalue weighted by molar-refractivity contribution is 0.0399. The molecular weight excluding hydrogens is 228 g/mol. The van der Waals surface area contributed by atoms with Crippen LogP contribution in [0.4, 0.5) is 5.69 Å². The summed E-state index contributed by atoms with van der Waals surface area (Å²) >= 11 is 0. The largest absolute Gasteiger partial charge is 0.495 e. The van der Waals surface area contributed by atoms with Crippen molar-refractivity contribution >= 4 is 11.3 Å². The molecule has 0 saturated heterocycles. The molecule has 1 aromatic carbocycles. The van der Waals surface area contributed by atoms with Crippen molar-refractivity contribution in [3.63, 3.8) is 0 Å². The molecule has 0 heterocycles. The van der Waals surface area contributed by atoms with Crippen molar-refractivity contribution in [1.82, 2.24) is 0 Å². The van der Waals surface area contributed by atoms with E-state index in [1.54, 1.807) is 14.2 Å². The Bertz CT molecular complexity index is 509. The summed E-state index contributed by atoms with van der Waals surface area (Å²) in [6.07, 6.45) is 6.51. The van der Waals surface area contributed by atoms with E-state index in [1.807, 2.05) is 30.4 Å². The number of benzene rings is 1. The van der Waals surface area contributed by atoms with Gasteiger partial charge in [-0.1, -0.05) is 18.2 Å². The first-order valence-electron chi connectivity index (χ1n) is 5.75. The standard InChI is InChI=1S/C14H18N2O2/c1-17-13-9-11(3-4-12(13)15)10-5-7-14(16,18-2)8-6-10/h3-7,9H,8,15-16H2,1-2H3. The third kappa shape index (κ3) is 2.39. The van der Waals surface area contributed by atoms with Crippen LogP contribution in [0.3, 0.4) is 0 Å². The van der Waals surface area contributed by atoms with Crippen molar-refractivity contribution in [1.29, 1.82) is 0 Å². The summed E-state index contributed by atoms with van der Waals surface area (Å²) in [5, 5.41) is 0. The molecule has 4 heteroatoms. The van der Waals surface area contributed by atoms with Crippen LogP contribution in [0.1, 0.15) is 12.0 Å². The van der Waals surface area contributed by atoms with Crippen LogP contribution in [-0.4, -0.2) is 19.9 Å². The van der Waals surface area contributed by atoms with Crippen LogP contribution in [0.2, 0.25) is 0 Å². The maximum atomic E-state index is 5.98. The van der Waals surface area contributed by atoms with Crippen molar-refractivity contribution in [2.24, 2.45) is 5.73 Å². The maximum Gasteiger partial charge on any atom is 0.142 e. The van der Waals surface area contributed by atoms with Crippen LogP contribution in [0.25, 0.3) is 5.57 Å². The highest BCUT2D eigenvalue weighted by atomic mass is 16.5. The molecule has 0 aliphatic heterocycles. The minimum absolute atomic E-state index is 0.631. The lowest BCUT2D eigenvalue weighted by Crippen LogP contribution is -2.40. The van der Waals surface area contributed by atoms with E-state index in [4.69, 9.17) is 20.9 Å². The molecule has 96 valence electrons. The molecule has 0 spiro atoms. The smallest absolute Gasteiger partial charge is 0.142 e. The van der Waals surface area contributed by atoms with Gasteiger partial charge in [0.05, 0.1) is 12.8 Å². The highest BCUT2D eigenvalue weighted by Gasteiger charge is 2.22. The molecule has 1 atom stereocenters. The zero-order valence-electron chi connectivity index (χ0n) is 10.6. The molecule has 0 radical (unpaired) electrons. The fraction of sp³-hybridized carbons (Fsp3) is 0.286. The minimum atomic E-state index is -0.693. The average molecular weight is 246 g/mol. The molecule has 0 aromatic heterocycles. The summed E-state index contributed by atoms with van der Waals surface area (Å²) in [5.41, 5.74) is 13.9. The normalized spacial score (nSPS) is 22.7. The lowest BCUT2D eigenvalue weighted by atomic mass is 9.95. The van der Waals surface area contributed by atoms with Crippen LogP contribution in [-0.2, 0) is 4.74 Å². The quantitative estimate of drug-likeness (QED) is 0.631. The first-order chi connectivity index (χ1) is 8.58. The first kappa shape index (κ1) is 12.7. The zero-order valence-corrected chi connectivity index (χ0v) is 10.6. The Balaban J connectivity index is 2.27. The van der Waals surface area contributed by atoms with E-state index in [0.717, 1.165) is 11.1 Å². The molecule has 0 fully saturated rings. The summed E-state index contributed by atoms with van der Waals surface area (Å²) in [5.74, 6) is 0.679. The van der Waals surface area contributed by atoms with Gasteiger partial charge in [0.2, 0.25) is 0 Å². The van der Waals surface area contributed by atoms with Gasteiger partial charge in [-0.25, -0.2) is 0 Å². The molecule has 2 rings (SSSR count). The van der Waals surface area contributed by atoms with Gasteiger partial charge >= 0.3 is 0 Å². The van der Waals surface area contributed by atoms with Gasteiger partial charge in [0, 0.05) is 13.5 Å². The summed E-state index contributed by atoms with van der Waals surface area (Å²) in [6, 6.07) is 5.72. The topological polar surface area (TPSA) is 70.5 Å². The third-order valence-corrected chi connectivity index (χ3v) is 3.13. The van der Waals surface area contributed by atoms with Crippen LogP contribution in [0, 0.1) is 0 Å². The molecule has 1 aromatic rings. The van der Waals surface area contributed by atoms with E-state index in [-0.39, 0.29) is 0 Å². The van der Waals surface area contributed by atoms with E-state index < -0.39 is 5.72 Å². The molecule has 1 aliphatic carbocycles. The predicted octanol–water partition coefficient (Wildman–Crippen LogP) is 1.92. The monoisotopic (exact) mass is 246 g/mol. The highest BCUT2D eigenvalue weighted by Crippen LogP contribution is 2.30. The Morgan fingerprint density at radius 1 is 1.28 bits per heavy atom. The number of rotatable bonds is 3. The number of anilines is 1. The van der Waals surface area contributed by atoms with Gasteiger partial charge in [-0.2, -0.15) is 0 Å². The number of nitrogens with two attached hydrogens (primary N) is 2. The van der Waals surface area contributed by atoms with E-state index in [1.165, 1.54) is 0 Å². The van der Waals surface area contributed by atoms with Crippen molar-refractivity contribution in [2.45, 2.75) is 12.1 Å². The van der Waals surface area contributed by atoms with Gasteiger partial charge in [0.25, 0.3) is 0 Å². The molecular formula is C14H18N2O2. The van der Waals surface area contributed by atoms with Gasteiger partial charge in [0.15, 0.2) is 0 Å². The summed E-state index contributed by atoms with van der Waals surface area (Å²) < 4.78 is 10.4. The molecule has 4 N–H and O–H groups in total. The Kier molecular flexibility index (Phi) is 3.41. The third-order valence-electron chi connectivity index (χ3n) is 3.13. The fourth-order valence-electron chi connectivity index (χ4n) is 1.89. The lowest BCUT2D eigenvalue weighted by Gasteiger charge is -2.26. The number of hydrogen-bond donors (Lipinski definition) is 2. The van der Waals surface area contributed by atoms with E-state index in [9.17, 15) is 0 Å². The summed E-state index contributed by atoms with van der Waals surface area (Å²) in [4.78, 5) is 0. The number of hydrogen-bond acceptors (Lipinski definition) is 4. The van der Waals surface area contributed by atoms with Crippen molar-refractivity contribution in [2.75, 3.05) is 20.0 Å². The van der Waals surface area contributed by atoms with Gasteiger partial charge in [-0.15, -0.1) is 0 Å². The van der Waals surface area contributed by atoms with Crippen LogP contribution >= 0.6 is 0 Å². The Labute approximate surface area is 107 Å². The van der Waals surface area contributed by atoms with E-state index >= 15 is 0 Å². The Morgan fingerprint density at radius 2 is 2.06 bits per heavy atom. The van der Waals surface area contributed by atoms with Gasteiger partial charge in [-0.3, -0.25) is 5.73 Å². The Morgan fingerprint density at radius 3 is 2.61 bits per heavy atom. The fourth-order valence-corrected chi connectivity index (χ4v) is 1.89. The van der Waals surface area contributed by atoms with E-state index in [0.29, 0.717) is 17.9 Å². The van der Waals surface area contributed by atoms with Crippen LogP contribution in [0.15, 0.2) is 36.4 Å². The number of nitrogen functional groups attached to an aromatic ring is 1. The van der Waals surface area contributed by atoms with Crippen molar-refractivity contribution < 1.29 is 9.47 Å². The molecule has 0 amide bonds. The molecule has 1 unspecified atom stereocenters. The maximum absolute atomic E-state index is 5.98.